The molecule has 1 aromatic carbocycles. The highest BCUT2D eigenvalue weighted by molar-refractivity contribution is 6.74. The predicted octanol–water partition coefficient (Wildman–Crippen LogP) is 6.01. The van der Waals surface area contributed by atoms with Gasteiger partial charge < -0.3 is 8.84 Å². The van der Waals surface area contributed by atoms with Crippen molar-refractivity contribution in [1.82, 2.24) is 5.06 Å². The number of hydroxylamine groups is 2. The zero-order valence-electron chi connectivity index (χ0n) is 19.5. The molecule has 5 nitrogen and oxygen atoms in total. The van der Waals surface area contributed by atoms with Crippen molar-refractivity contribution in [3.8, 4) is 0 Å². The Morgan fingerprint density at radius 2 is 1.83 bits per heavy atom. The van der Waals surface area contributed by atoms with E-state index in [2.05, 4.69) is 58.1 Å². The standard InChI is InChI=1S/C24H35NO4Si/c1-16-21-19(28-22(16)23(26)25(5)27-6)14-18(17-12-10-9-11-13-17)15-20(21)29-30(7,8)24(2,3)4/h9-13,18,20H,14-15H2,1-8H3. The Bertz CT molecular complexity index is 898. The zero-order valence-corrected chi connectivity index (χ0v) is 20.5. The number of nitrogens with zero attached hydrogens (tertiary/aromatic N) is 1. The Morgan fingerprint density at radius 3 is 2.40 bits per heavy atom. The van der Waals surface area contributed by atoms with Gasteiger partial charge in [0.15, 0.2) is 14.1 Å². The van der Waals surface area contributed by atoms with Gasteiger partial charge in [-0.25, -0.2) is 5.06 Å². The lowest BCUT2D eigenvalue weighted by atomic mass is 9.81. The van der Waals surface area contributed by atoms with Crippen molar-refractivity contribution < 1.29 is 18.5 Å². The predicted molar refractivity (Wildman–Crippen MR) is 121 cm³/mol. The number of hydrogen-bond acceptors (Lipinski definition) is 4. The highest BCUT2D eigenvalue weighted by Gasteiger charge is 2.43. The summed E-state index contributed by atoms with van der Waals surface area (Å²) in [6, 6.07) is 10.5. The van der Waals surface area contributed by atoms with E-state index in [9.17, 15) is 4.79 Å². The van der Waals surface area contributed by atoms with Crippen LogP contribution in [-0.4, -0.2) is 33.4 Å². The van der Waals surface area contributed by atoms with Crippen LogP contribution in [0.3, 0.4) is 0 Å². The summed E-state index contributed by atoms with van der Waals surface area (Å²) < 4.78 is 13.1. The third-order valence-corrected chi connectivity index (χ3v) is 11.3. The summed E-state index contributed by atoms with van der Waals surface area (Å²) >= 11 is 0. The second-order valence-electron chi connectivity index (χ2n) is 9.79. The molecule has 164 valence electrons. The Balaban J connectivity index is 2.05. The maximum absolute atomic E-state index is 12.8. The molecular weight excluding hydrogens is 394 g/mol. The van der Waals surface area contributed by atoms with Crippen LogP contribution >= 0.6 is 0 Å². The average Bonchev–Trinajstić information content (AvgIpc) is 3.03. The van der Waals surface area contributed by atoms with Gasteiger partial charge in [-0.1, -0.05) is 51.1 Å². The molecule has 0 saturated carbocycles. The highest BCUT2D eigenvalue weighted by Crippen LogP contribution is 2.48. The van der Waals surface area contributed by atoms with Crippen LogP contribution in [-0.2, 0) is 15.7 Å². The molecule has 0 fully saturated rings. The summed E-state index contributed by atoms with van der Waals surface area (Å²) in [5.41, 5.74) is 3.21. The van der Waals surface area contributed by atoms with Gasteiger partial charge >= 0.3 is 5.91 Å². The molecule has 2 unspecified atom stereocenters. The molecular formula is C24H35NO4Si. The first-order chi connectivity index (χ1) is 14.0. The molecule has 1 aliphatic rings. The molecule has 3 rings (SSSR count). The van der Waals surface area contributed by atoms with E-state index in [1.54, 1.807) is 7.05 Å². The minimum absolute atomic E-state index is 0.0852. The second-order valence-corrected chi connectivity index (χ2v) is 14.5. The van der Waals surface area contributed by atoms with Gasteiger partial charge in [0.05, 0.1) is 13.2 Å². The van der Waals surface area contributed by atoms with Crippen LogP contribution in [0, 0.1) is 6.92 Å². The summed E-state index contributed by atoms with van der Waals surface area (Å²) in [5.74, 6) is 1.24. The molecule has 0 spiro atoms. The molecule has 2 atom stereocenters. The van der Waals surface area contributed by atoms with E-state index in [0.717, 1.165) is 29.7 Å². The van der Waals surface area contributed by atoms with Gasteiger partial charge in [0.2, 0.25) is 0 Å². The molecule has 30 heavy (non-hydrogen) atoms. The number of carbonyl (C=O) groups is 1. The molecule has 1 heterocycles. The molecule has 1 aliphatic carbocycles. The van der Waals surface area contributed by atoms with Gasteiger partial charge in [0.1, 0.15) is 5.76 Å². The SMILES string of the molecule is CON(C)C(=O)c1oc2c(c1C)C(O[Si](C)(C)C(C)(C)C)CC(c1ccccc1)C2. The first kappa shape index (κ1) is 22.8. The normalized spacial score (nSPS) is 19.5. The smallest absolute Gasteiger partial charge is 0.313 e. The molecule has 0 N–H and O–H groups in total. The Kier molecular flexibility index (Phi) is 6.32. The van der Waals surface area contributed by atoms with Crippen LogP contribution in [0.4, 0.5) is 0 Å². The average molecular weight is 430 g/mol. The number of hydrogen-bond donors (Lipinski definition) is 0. The third kappa shape index (κ3) is 4.27. The summed E-state index contributed by atoms with van der Waals surface area (Å²) in [6.07, 6.45) is 1.57. The molecule has 6 heteroatoms. The molecule has 0 bridgehead atoms. The fraction of sp³-hybridized carbons (Fsp3) is 0.542. The quantitative estimate of drug-likeness (QED) is 0.431. The minimum atomic E-state index is -2.02. The van der Waals surface area contributed by atoms with Gasteiger partial charge in [0.25, 0.3) is 0 Å². The van der Waals surface area contributed by atoms with E-state index in [1.165, 1.54) is 17.7 Å². The van der Waals surface area contributed by atoms with Crippen LogP contribution in [0.25, 0.3) is 0 Å². The van der Waals surface area contributed by atoms with Gasteiger partial charge in [0, 0.05) is 24.6 Å². The summed E-state index contributed by atoms with van der Waals surface area (Å²) in [5, 5.41) is 1.30. The van der Waals surface area contributed by atoms with Crippen molar-refractivity contribution in [2.75, 3.05) is 14.2 Å². The van der Waals surface area contributed by atoms with E-state index in [0.29, 0.717) is 11.7 Å². The lowest BCUT2D eigenvalue weighted by Crippen LogP contribution is -2.42. The molecule has 0 radical (unpaired) electrons. The fourth-order valence-corrected chi connectivity index (χ4v) is 5.17. The van der Waals surface area contributed by atoms with E-state index in [1.807, 2.05) is 13.0 Å². The lowest BCUT2D eigenvalue weighted by Gasteiger charge is -2.41. The highest BCUT2D eigenvalue weighted by atomic mass is 28.4. The van der Waals surface area contributed by atoms with E-state index < -0.39 is 8.32 Å². The topological polar surface area (TPSA) is 51.9 Å². The van der Waals surface area contributed by atoms with Crippen molar-refractivity contribution in [3.63, 3.8) is 0 Å². The number of benzene rings is 1. The number of fused-ring (bicyclic) bond motifs is 1. The Morgan fingerprint density at radius 1 is 1.20 bits per heavy atom. The van der Waals surface area contributed by atoms with Crippen molar-refractivity contribution in [2.45, 2.75) is 70.7 Å². The van der Waals surface area contributed by atoms with Crippen molar-refractivity contribution in [1.29, 1.82) is 0 Å². The number of rotatable bonds is 5. The first-order valence-electron chi connectivity index (χ1n) is 10.6. The maximum atomic E-state index is 12.8. The monoisotopic (exact) mass is 429 g/mol. The van der Waals surface area contributed by atoms with Crippen molar-refractivity contribution in [3.05, 3.63) is 58.5 Å². The maximum Gasteiger partial charge on any atom is 0.313 e. The number of amides is 1. The summed E-state index contributed by atoms with van der Waals surface area (Å²) in [7, 11) is 1.05. The van der Waals surface area contributed by atoms with Crippen LogP contribution in [0.5, 0.6) is 0 Å². The van der Waals surface area contributed by atoms with Crippen LogP contribution in [0.1, 0.15) is 72.2 Å². The van der Waals surface area contributed by atoms with Crippen molar-refractivity contribution in [2.24, 2.45) is 0 Å². The van der Waals surface area contributed by atoms with Crippen LogP contribution in [0.15, 0.2) is 34.7 Å². The Hall–Kier alpha value is -1.89. The minimum Gasteiger partial charge on any atom is -0.455 e. The number of carbonyl (C=O) groups excluding carboxylic acids is 1. The van der Waals surface area contributed by atoms with Gasteiger partial charge in [-0.3, -0.25) is 9.63 Å². The second kappa shape index (κ2) is 8.33. The van der Waals surface area contributed by atoms with E-state index in [4.69, 9.17) is 13.7 Å². The molecule has 1 amide bonds. The van der Waals surface area contributed by atoms with Gasteiger partial charge in [-0.05, 0) is 43.0 Å². The molecule has 1 aromatic heterocycles. The van der Waals surface area contributed by atoms with Crippen molar-refractivity contribution >= 4 is 14.2 Å². The van der Waals surface area contributed by atoms with Gasteiger partial charge in [-0.2, -0.15) is 0 Å². The zero-order chi connectivity index (χ0) is 22.3. The van der Waals surface area contributed by atoms with E-state index in [-0.39, 0.29) is 17.0 Å². The molecule has 2 aromatic rings. The van der Waals surface area contributed by atoms with E-state index >= 15 is 0 Å². The largest absolute Gasteiger partial charge is 0.455 e. The Labute approximate surface area is 181 Å². The first-order valence-corrected chi connectivity index (χ1v) is 13.5. The summed E-state index contributed by atoms with van der Waals surface area (Å²) in [4.78, 5) is 17.9. The lowest BCUT2D eigenvalue weighted by molar-refractivity contribution is -0.0774. The van der Waals surface area contributed by atoms with Gasteiger partial charge in [-0.15, -0.1) is 0 Å². The van der Waals surface area contributed by atoms with Crippen LogP contribution in [0.2, 0.25) is 18.1 Å². The molecule has 0 saturated heterocycles. The molecule has 0 aliphatic heterocycles. The number of furan rings is 1. The van der Waals surface area contributed by atoms with Crippen LogP contribution < -0.4 is 0 Å². The summed E-state index contributed by atoms with van der Waals surface area (Å²) in [6.45, 7) is 13.3. The fourth-order valence-electron chi connectivity index (χ4n) is 3.89. The third-order valence-electron chi connectivity index (χ3n) is 6.79.